The van der Waals surface area contributed by atoms with E-state index in [1.165, 1.54) is 27.2 Å². The molecule has 1 aliphatic heterocycles. The first-order valence-electron chi connectivity index (χ1n) is 8.04. The molecule has 0 atom stereocenters. The molecule has 2 rings (SSSR count). The predicted molar refractivity (Wildman–Crippen MR) is 90.8 cm³/mol. The number of nitrogens with one attached hydrogen (secondary N) is 2. The van der Waals surface area contributed by atoms with E-state index in [0.717, 1.165) is 0 Å². The monoisotopic (exact) mass is 349 g/mol. The fourth-order valence-corrected chi connectivity index (χ4v) is 2.71. The molecular weight excluding hydrogens is 326 g/mol. The van der Waals surface area contributed by atoms with Gasteiger partial charge in [0, 0.05) is 31.6 Å². The fourth-order valence-electron chi connectivity index (χ4n) is 2.71. The summed E-state index contributed by atoms with van der Waals surface area (Å²) in [6, 6.07) is 4.04. The summed E-state index contributed by atoms with van der Waals surface area (Å²) < 4.78 is 10.3. The summed E-state index contributed by atoms with van der Waals surface area (Å²) in [6.45, 7) is 2.73. The van der Waals surface area contributed by atoms with Crippen LogP contribution in [0.15, 0.2) is 18.2 Å². The van der Waals surface area contributed by atoms with Crippen LogP contribution in [0.2, 0.25) is 0 Å². The van der Waals surface area contributed by atoms with Gasteiger partial charge in [-0.05, 0) is 31.0 Å². The molecule has 1 fully saturated rings. The first-order chi connectivity index (χ1) is 11.9. The van der Waals surface area contributed by atoms with E-state index < -0.39 is 11.9 Å². The highest BCUT2D eigenvalue weighted by atomic mass is 16.5. The lowest BCUT2D eigenvalue weighted by atomic mass is 10.1. The number of imide groups is 1. The molecule has 2 N–H and O–H groups in total. The quantitative estimate of drug-likeness (QED) is 0.850. The summed E-state index contributed by atoms with van der Waals surface area (Å²) in [5.41, 5.74) is 0.291. The number of carbonyl (C=O) groups is 3. The summed E-state index contributed by atoms with van der Waals surface area (Å²) in [4.78, 5) is 37.2. The van der Waals surface area contributed by atoms with Crippen molar-refractivity contribution < 1.29 is 23.9 Å². The molecule has 4 amide bonds. The van der Waals surface area contributed by atoms with Crippen molar-refractivity contribution in [1.82, 2.24) is 15.5 Å². The van der Waals surface area contributed by atoms with Crippen LogP contribution in [0.3, 0.4) is 0 Å². The van der Waals surface area contributed by atoms with Gasteiger partial charge in [-0.2, -0.15) is 0 Å². The second-order valence-corrected chi connectivity index (χ2v) is 5.78. The maximum absolute atomic E-state index is 12.2. The van der Waals surface area contributed by atoms with Crippen molar-refractivity contribution >= 4 is 17.8 Å². The number of likely N-dealkylation sites (tertiary alicyclic amines) is 1. The van der Waals surface area contributed by atoms with Gasteiger partial charge in [0.15, 0.2) is 11.5 Å². The van der Waals surface area contributed by atoms with Gasteiger partial charge in [-0.15, -0.1) is 0 Å². The lowest BCUT2D eigenvalue weighted by molar-refractivity contribution is -0.129. The van der Waals surface area contributed by atoms with Crippen LogP contribution in [0.25, 0.3) is 0 Å². The molecule has 0 saturated carbocycles. The van der Waals surface area contributed by atoms with Gasteiger partial charge in [-0.1, -0.05) is 0 Å². The Labute approximate surface area is 146 Å². The van der Waals surface area contributed by atoms with Crippen LogP contribution in [0.1, 0.15) is 30.1 Å². The number of urea groups is 1. The number of hydrogen-bond acceptors (Lipinski definition) is 5. The molecule has 8 nitrogen and oxygen atoms in total. The second-order valence-electron chi connectivity index (χ2n) is 5.78. The van der Waals surface area contributed by atoms with Crippen LogP contribution in [-0.2, 0) is 4.79 Å². The highest BCUT2D eigenvalue weighted by Gasteiger charge is 2.22. The molecular formula is C17H23N3O5. The number of methoxy groups -OCH3 is 2. The van der Waals surface area contributed by atoms with Crippen LogP contribution in [-0.4, -0.2) is 56.1 Å². The van der Waals surface area contributed by atoms with Crippen molar-refractivity contribution in [2.75, 3.05) is 27.3 Å². The number of amides is 4. The zero-order valence-electron chi connectivity index (χ0n) is 14.6. The molecule has 1 aromatic carbocycles. The summed E-state index contributed by atoms with van der Waals surface area (Å²) in [7, 11) is 2.97. The third kappa shape index (κ3) is 4.85. The van der Waals surface area contributed by atoms with Crippen molar-refractivity contribution in [1.29, 1.82) is 0 Å². The van der Waals surface area contributed by atoms with Crippen molar-refractivity contribution in [2.45, 2.75) is 25.8 Å². The SMILES string of the molecule is COc1ccc(C(=O)NC(=O)NC2CCN(C(C)=O)CC2)cc1OC. The highest BCUT2D eigenvalue weighted by Crippen LogP contribution is 2.27. The van der Waals surface area contributed by atoms with Gasteiger partial charge in [0.05, 0.1) is 14.2 Å². The summed E-state index contributed by atoms with van der Waals surface area (Å²) >= 11 is 0. The summed E-state index contributed by atoms with van der Waals surface area (Å²) in [5.74, 6) is 0.416. The average Bonchev–Trinajstić information content (AvgIpc) is 2.61. The first kappa shape index (κ1) is 18.6. The van der Waals surface area contributed by atoms with E-state index >= 15 is 0 Å². The number of ether oxygens (including phenoxy) is 2. The molecule has 8 heteroatoms. The van der Waals surface area contributed by atoms with Crippen LogP contribution in [0.5, 0.6) is 11.5 Å². The van der Waals surface area contributed by atoms with Gasteiger partial charge < -0.3 is 19.7 Å². The topological polar surface area (TPSA) is 97.0 Å². The van der Waals surface area contributed by atoms with Crippen LogP contribution in [0.4, 0.5) is 4.79 Å². The Bertz CT molecular complexity index is 654. The molecule has 0 aliphatic carbocycles. The van der Waals surface area contributed by atoms with Gasteiger partial charge in [0.25, 0.3) is 5.91 Å². The van der Waals surface area contributed by atoms with Gasteiger partial charge in [-0.25, -0.2) is 4.79 Å². The number of nitrogens with zero attached hydrogens (tertiary/aromatic N) is 1. The molecule has 136 valence electrons. The number of carbonyl (C=O) groups excluding carboxylic acids is 3. The third-order valence-corrected chi connectivity index (χ3v) is 4.15. The highest BCUT2D eigenvalue weighted by molar-refractivity contribution is 6.04. The van der Waals surface area contributed by atoms with E-state index in [9.17, 15) is 14.4 Å². The van der Waals surface area contributed by atoms with Crippen LogP contribution in [0, 0.1) is 0 Å². The standard InChI is InChI=1S/C17H23N3O5/c1-11(21)20-8-6-13(7-9-20)18-17(23)19-16(22)12-4-5-14(24-2)15(10-12)25-3/h4-5,10,13H,6-9H2,1-3H3,(H2,18,19,22,23). The van der Waals surface area contributed by atoms with Gasteiger partial charge in [0.1, 0.15) is 0 Å². The molecule has 1 heterocycles. The van der Waals surface area contributed by atoms with Gasteiger partial charge >= 0.3 is 6.03 Å². The maximum Gasteiger partial charge on any atom is 0.321 e. The van der Waals surface area contributed by atoms with Gasteiger partial charge in [-0.3, -0.25) is 14.9 Å². The Hall–Kier alpha value is -2.77. The largest absolute Gasteiger partial charge is 0.493 e. The maximum atomic E-state index is 12.2. The van der Waals surface area contributed by atoms with E-state index in [4.69, 9.17) is 9.47 Å². The first-order valence-corrected chi connectivity index (χ1v) is 8.04. The van der Waals surface area contributed by atoms with Crippen molar-refractivity contribution in [3.63, 3.8) is 0 Å². The summed E-state index contributed by atoms with van der Waals surface area (Å²) in [6.07, 6.45) is 1.33. The van der Waals surface area contributed by atoms with Crippen molar-refractivity contribution in [3.8, 4) is 11.5 Å². The average molecular weight is 349 g/mol. The smallest absolute Gasteiger partial charge is 0.321 e. The normalized spacial score (nSPS) is 14.6. The van der Waals surface area contributed by atoms with E-state index in [2.05, 4.69) is 10.6 Å². The fraction of sp³-hybridized carbons (Fsp3) is 0.471. The molecule has 0 spiro atoms. The lowest BCUT2D eigenvalue weighted by Crippen LogP contribution is -2.49. The minimum atomic E-state index is -0.555. The Morgan fingerprint density at radius 1 is 1.08 bits per heavy atom. The zero-order valence-corrected chi connectivity index (χ0v) is 14.6. The molecule has 0 aromatic heterocycles. The number of benzene rings is 1. The van der Waals surface area contributed by atoms with E-state index in [-0.39, 0.29) is 11.9 Å². The molecule has 1 saturated heterocycles. The third-order valence-electron chi connectivity index (χ3n) is 4.15. The van der Waals surface area contributed by atoms with Crippen LogP contribution < -0.4 is 20.1 Å². The van der Waals surface area contributed by atoms with E-state index in [0.29, 0.717) is 43.0 Å². The van der Waals surface area contributed by atoms with Crippen molar-refractivity contribution in [3.05, 3.63) is 23.8 Å². The zero-order chi connectivity index (χ0) is 18.4. The molecule has 1 aromatic rings. The Morgan fingerprint density at radius 2 is 1.72 bits per heavy atom. The minimum absolute atomic E-state index is 0.0338. The van der Waals surface area contributed by atoms with E-state index in [1.54, 1.807) is 17.0 Å². The Morgan fingerprint density at radius 3 is 2.28 bits per heavy atom. The Kier molecular flexibility index (Phi) is 6.21. The van der Waals surface area contributed by atoms with Crippen molar-refractivity contribution in [2.24, 2.45) is 0 Å². The predicted octanol–water partition coefficient (Wildman–Crippen LogP) is 1.15. The number of hydrogen-bond donors (Lipinski definition) is 2. The van der Waals surface area contributed by atoms with E-state index in [1.807, 2.05) is 0 Å². The number of piperidine rings is 1. The Balaban J connectivity index is 1.88. The molecule has 0 radical (unpaired) electrons. The van der Waals surface area contributed by atoms with Gasteiger partial charge in [0.2, 0.25) is 5.91 Å². The lowest BCUT2D eigenvalue weighted by Gasteiger charge is -2.31. The summed E-state index contributed by atoms with van der Waals surface area (Å²) in [5, 5.41) is 5.07. The molecule has 25 heavy (non-hydrogen) atoms. The molecule has 0 unspecified atom stereocenters. The molecule has 0 bridgehead atoms. The number of rotatable bonds is 4. The van der Waals surface area contributed by atoms with Crippen LogP contribution >= 0.6 is 0 Å². The second kappa shape index (κ2) is 8.36. The minimum Gasteiger partial charge on any atom is -0.493 e. The molecule has 1 aliphatic rings.